The standard InChI is InChI=1S/C14H21F2NO4/c1-5-20-11(18)9-6-8-10(7-14(8,15)16)17(9)12(19)21-13(2,3)4/h8-10H,5-7H2,1-4H3/t8?,9-,10?/m0/s1. The molecule has 0 aromatic carbocycles. The molecule has 0 bridgehead atoms. The minimum Gasteiger partial charge on any atom is -0.464 e. The molecule has 7 heteroatoms. The van der Waals surface area contributed by atoms with Crippen LogP contribution in [0.15, 0.2) is 0 Å². The summed E-state index contributed by atoms with van der Waals surface area (Å²) in [6.45, 7) is 6.84. The molecule has 0 aromatic rings. The van der Waals surface area contributed by atoms with Crippen molar-refractivity contribution in [2.75, 3.05) is 6.61 Å². The molecule has 21 heavy (non-hydrogen) atoms. The van der Waals surface area contributed by atoms with Crippen LogP contribution in [0.5, 0.6) is 0 Å². The van der Waals surface area contributed by atoms with E-state index < -0.39 is 48.0 Å². The summed E-state index contributed by atoms with van der Waals surface area (Å²) in [4.78, 5) is 25.3. The van der Waals surface area contributed by atoms with Crippen LogP contribution >= 0.6 is 0 Å². The minimum absolute atomic E-state index is 0.0737. The van der Waals surface area contributed by atoms with Crippen molar-refractivity contribution in [3.05, 3.63) is 0 Å². The molecule has 120 valence electrons. The van der Waals surface area contributed by atoms with E-state index >= 15 is 0 Å². The zero-order valence-electron chi connectivity index (χ0n) is 12.7. The number of alkyl halides is 2. The fraction of sp³-hybridized carbons (Fsp3) is 0.857. The maximum atomic E-state index is 13.6. The van der Waals surface area contributed by atoms with Gasteiger partial charge in [-0.05, 0) is 34.1 Å². The molecule has 2 unspecified atom stereocenters. The summed E-state index contributed by atoms with van der Waals surface area (Å²) >= 11 is 0. The number of fused-ring (bicyclic) bond motifs is 1. The Morgan fingerprint density at radius 2 is 1.95 bits per heavy atom. The van der Waals surface area contributed by atoms with E-state index in [1.54, 1.807) is 27.7 Å². The number of nitrogens with zero attached hydrogens (tertiary/aromatic N) is 1. The van der Waals surface area contributed by atoms with Crippen LogP contribution in [0.1, 0.15) is 40.5 Å². The maximum Gasteiger partial charge on any atom is 0.411 e. The molecule has 1 heterocycles. The summed E-state index contributed by atoms with van der Waals surface area (Å²) in [5, 5.41) is 0. The Morgan fingerprint density at radius 3 is 2.43 bits per heavy atom. The van der Waals surface area contributed by atoms with Crippen LogP contribution in [0.25, 0.3) is 0 Å². The highest BCUT2D eigenvalue weighted by Gasteiger charge is 2.66. The molecule has 1 saturated heterocycles. The molecule has 0 spiro atoms. The molecular formula is C14H21F2NO4. The number of rotatable bonds is 2. The van der Waals surface area contributed by atoms with E-state index in [1.807, 2.05) is 0 Å². The van der Waals surface area contributed by atoms with Gasteiger partial charge in [-0.15, -0.1) is 0 Å². The number of carbonyl (C=O) groups is 2. The first kappa shape index (κ1) is 16.0. The molecule has 2 fully saturated rings. The Hall–Kier alpha value is -1.40. The third-order valence-corrected chi connectivity index (χ3v) is 3.82. The van der Waals surface area contributed by atoms with Gasteiger partial charge in [-0.1, -0.05) is 0 Å². The Morgan fingerprint density at radius 1 is 1.33 bits per heavy atom. The smallest absolute Gasteiger partial charge is 0.411 e. The fourth-order valence-corrected chi connectivity index (χ4v) is 2.93. The Kier molecular flexibility index (Phi) is 3.88. The summed E-state index contributed by atoms with van der Waals surface area (Å²) in [6.07, 6.45) is -1.23. The number of hydrogen-bond donors (Lipinski definition) is 0. The van der Waals surface area contributed by atoms with Crippen LogP contribution in [-0.4, -0.2) is 47.2 Å². The SMILES string of the molecule is CCOC(=O)[C@@H]1CC2C(CC2(F)F)N1C(=O)OC(C)(C)C. The highest BCUT2D eigenvalue weighted by Crippen LogP contribution is 2.54. The van der Waals surface area contributed by atoms with E-state index in [2.05, 4.69) is 0 Å². The molecule has 5 nitrogen and oxygen atoms in total. The van der Waals surface area contributed by atoms with Gasteiger partial charge in [-0.25, -0.2) is 18.4 Å². The normalized spacial score (nSPS) is 30.4. The van der Waals surface area contributed by atoms with E-state index in [0.717, 1.165) is 4.90 Å². The van der Waals surface area contributed by atoms with Crippen LogP contribution in [0.4, 0.5) is 13.6 Å². The molecule has 3 atom stereocenters. The summed E-state index contributed by atoms with van der Waals surface area (Å²) in [5.74, 6) is -4.46. The van der Waals surface area contributed by atoms with E-state index in [0.29, 0.717) is 0 Å². The molecule has 1 aliphatic heterocycles. The highest BCUT2D eigenvalue weighted by atomic mass is 19.3. The Balaban J connectivity index is 2.18. The lowest BCUT2D eigenvalue weighted by Crippen LogP contribution is -2.57. The van der Waals surface area contributed by atoms with Crippen LogP contribution in [0.2, 0.25) is 0 Å². The summed E-state index contributed by atoms with van der Waals surface area (Å²) < 4.78 is 37.3. The van der Waals surface area contributed by atoms with E-state index in [4.69, 9.17) is 9.47 Å². The second-order valence-electron chi connectivity index (χ2n) is 6.53. The number of esters is 1. The molecule has 2 aliphatic rings. The van der Waals surface area contributed by atoms with E-state index in [-0.39, 0.29) is 13.0 Å². The van der Waals surface area contributed by atoms with Gasteiger partial charge < -0.3 is 9.47 Å². The molecule has 0 aromatic heterocycles. The van der Waals surface area contributed by atoms with Crippen molar-refractivity contribution < 1.29 is 27.8 Å². The van der Waals surface area contributed by atoms with E-state index in [1.165, 1.54) is 0 Å². The lowest BCUT2D eigenvalue weighted by molar-refractivity contribution is -0.158. The number of ether oxygens (including phenoxy) is 2. The molecule has 0 N–H and O–H groups in total. The van der Waals surface area contributed by atoms with Crippen molar-refractivity contribution in [1.29, 1.82) is 0 Å². The third kappa shape index (κ3) is 2.96. The van der Waals surface area contributed by atoms with Gasteiger partial charge in [0.25, 0.3) is 5.92 Å². The average Bonchev–Trinajstić information content (AvgIpc) is 2.62. The predicted octanol–water partition coefficient (Wildman–Crippen LogP) is 2.58. The van der Waals surface area contributed by atoms with Gasteiger partial charge in [0.15, 0.2) is 0 Å². The second-order valence-corrected chi connectivity index (χ2v) is 6.53. The Bertz CT molecular complexity index is 447. The summed E-state index contributed by atoms with van der Waals surface area (Å²) in [6, 6.07) is -1.63. The second kappa shape index (κ2) is 5.10. The molecule has 1 aliphatic carbocycles. The van der Waals surface area contributed by atoms with Crippen LogP contribution in [-0.2, 0) is 14.3 Å². The summed E-state index contributed by atoms with van der Waals surface area (Å²) in [7, 11) is 0. The van der Waals surface area contributed by atoms with Gasteiger partial charge in [0.05, 0.1) is 12.6 Å². The van der Waals surface area contributed by atoms with Crippen LogP contribution < -0.4 is 0 Å². The molecular weight excluding hydrogens is 284 g/mol. The summed E-state index contributed by atoms with van der Waals surface area (Å²) in [5.41, 5.74) is -0.749. The van der Waals surface area contributed by atoms with Crippen molar-refractivity contribution in [1.82, 2.24) is 4.90 Å². The lowest BCUT2D eigenvalue weighted by atomic mass is 9.76. The quantitative estimate of drug-likeness (QED) is 0.736. The van der Waals surface area contributed by atoms with Crippen molar-refractivity contribution in [2.45, 2.75) is 64.1 Å². The van der Waals surface area contributed by atoms with Crippen molar-refractivity contribution in [3.8, 4) is 0 Å². The zero-order valence-corrected chi connectivity index (χ0v) is 12.7. The average molecular weight is 305 g/mol. The number of likely N-dealkylation sites (tertiary alicyclic amines) is 1. The lowest BCUT2D eigenvalue weighted by Gasteiger charge is -2.43. The zero-order chi connectivity index (χ0) is 16.0. The first-order valence-corrected chi connectivity index (χ1v) is 7.12. The van der Waals surface area contributed by atoms with Gasteiger partial charge in [0.1, 0.15) is 11.6 Å². The monoisotopic (exact) mass is 305 g/mol. The third-order valence-electron chi connectivity index (χ3n) is 3.82. The first-order valence-electron chi connectivity index (χ1n) is 7.12. The van der Waals surface area contributed by atoms with Crippen LogP contribution in [0.3, 0.4) is 0 Å². The number of amides is 1. The van der Waals surface area contributed by atoms with Gasteiger partial charge >= 0.3 is 12.1 Å². The predicted molar refractivity (Wildman–Crippen MR) is 70.0 cm³/mol. The van der Waals surface area contributed by atoms with Crippen LogP contribution in [0, 0.1) is 5.92 Å². The highest BCUT2D eigenvalue weighted by molar-refractivity contribution is 5.83. The van der Waals surface area contributed by atoms with Crippen molar-refractivity contribution in [3.63, 3.8) is 0 Å². The van der Waals surface area contributed by atoms with Crippen molar-refractivity contribution >= 4 is 12.1 Å². The van der Waals surface area contributed by atoms with Gasteiger partial charge in [-0.2, -0.15) is 0 Å². The molecule has 0 radical (unpaired) electrons. The fourth-order valence-electron chi connectivity index (χ4n) is 2.93. The van der Waals surface area contributed by atoms with Gasteiger partial charge in [0.2, 0.25) is 0 Å². The minimum atomic E-state index is -2.83. The first-order chi connectivity index (χ1) is 9.57. The molecule has 1 saturated carbocycles. The topological polar surface area (TPSA) is 55.8 Å². The number of halogens is 2. The number of hydrogen-bond acceptors (Lipinski definition) is 4. The largest absolute Gasteiger partial charge is 0.464 e. The van der Waals surface area contributed by atoms with Gasteiger partial charge in [0, 0.05) is 12.3 Å². The molecule has 1 amide bonds. The number of carbonyl (C=O) groups excluding carboxylic acids is 2. The van der Waals surface area contributed by atoms with Gasteiger partial charge in [-0.3, -0.25) is 4.90 Å². The maximum absolute atomic E-state index is 13.6. The Labute approximate surface area is 122 Å². The molecule has 2 rings (SSSR count). The van der Waals surface area contributed by atoms with Crippen molar-refractivity contribution in [2.24, 2.45) is 5.92 Å². The van der Waals surface area contributed by atoms with E-state index in [9.17, 15) is 18.4 Å².